The van der Waals surface area contributed by atoms with Gasteiger partial charge in [0.25, 0.3) is 0 Å². The van der Waals surface area contributed by atoms with Gasteiger partial charge >= 0.3 is 0 Å². The van der Waals surface area contributed by atoms with Crippen molar-refractivity contribution < 1.29 is 9.47 Å². The summed E-state index contributed by atoms with van der Waals surface area (Å²) in [6.07, 6.45) is 0. The van der Waals surface area contributed by atoms with Crippen molar-refractivity contribution in [1.82, 2.24) is 25.5 Å². The Bertz CT molecular complexity index is 1210. The number of halogens is 2. The van der Waals surface area contributed by atoms with Crippen LogP contribution in [0, 0.1) is 0 Å². The molecule has 0 aliphatic rings. The van der Waals surface area contributed by atoms with E-state index >= 15 is 0 Å². The van der Waals surface area contributed by atoms with Crippen LogP contribution in [0.15, 0.2) is 71.9 Å². The number of benzene rings is 3. The molecule has 1 heterocycles. The van der Waals surface area contributed by atoms with E-state index in [1.165, 1.54) is 0 Å². The summed E-state index contributed by atoms with van der Waals surface area (Å²) in [6.45, 7) is 1.77. The second-order valence-electron chi connectivity index (χ2n) is 7.26. The van der Waals surface area contributed by atoms with Crippen LogP contribution in [-0.2, 0) is 13.2 Å². The number of nitrogens with one attached hydrogen (secondary N) is 1. The zero-order chi connectivity index (χ0) is 23.8. The van der Waals surface area contributed by atoms with Crippen LogP contribution in [0.4, 0.5) is 0 Å². The second kappa shape index (κ2) is 12.1. The molecule has 10 heteroatoms. The first-order valence-corrected chi connectivity index (χ1v) is 12.3. The van der Waals surface area contributed by atoms with Gasteiger partial charge in [-0.15, -0.1) is 5.10 Å². The fourth-order valence-corrected chi connectivity index (χ4v) is 4.40. The third-order valence-electron chi connectivity index (χ3n) is 4.87. The van der Waals surface area contributed by atoms with Crippen molar-refractivity contribution in [2.24, 2.45) is 0 Å². The van der Waals surface area contributed by atoms with Crippen LogP contribution in [0.25, 0.3) is 5.69 Å². The highest BCUT2D eigenvalue weighted by Gasteiger charge is 2.13. The Balaban J connectivity index is 1.29. The Labute approximate surface area is 212 Å². The molecule has 0 saturated carbocycles. The molecule has 176 valence electrons. The molecule has 0 amide bonds. The summed E-state index contributed by atoms with van der Waals surface area (Å²) >= 11 is 14.0. The van der Waals surface area contributed by atoms with Crippen LogP contribution in [0.3, 0.4) is 0 Å². The number of hydrogen-bond donors (Lipinski definition) is 1. The van der Waals surface area contributed by atoms with Crippen LogP contribution >= 0.6 is 35.0 Å². The molecular formula is C24H23Cl2N5O2S. The van der Waals surface area contributed by atoms with E-state index in [1.807, 2.05) is 66.7 Å². The van der Waals surface area contributed by atoms with Gasteiger partial charge in [-0.05, 0) is 58.0 Å². The van der Waals surface area contributed by atoms with Crippen molar-refractivity contribution in [1.29, 1.82) is 0 Å². The largest absolute Gasteiger partial charge is 0.493 e. The quantitative estimate of drug-likeness (QED) is 0.210. The second-order valence-corrected chi connectivity index (χ2v) is 9.16. The Hall–Kier alpha value is -2.78. The minimum Gasteiger partial charge on any atom is -0.493 e. The maximum absolute atomic E-state index is 6.51. The molecule has 34 heavy (non-hydrogen) atoms. The minimum atomic E-state index is 0.366. The fraction of sp³-hybridized carbons (Fsp3) is 0.208. The van der Waals surface area contributed by atoms with Crippen molar-refractivity contribution >= 4 is 35.0 Å². The van der Waals surface area contributed by atoms with E-state index < -0.39 is 0 Å². The minimum absolute atomic E-state index is 0.366. The smallest absolute Gasteiger partial charge is 0.214 e. The molecular weight excluding hydrogens is 493 g/mol. The molecule has 0 fully saturated rings. The van der Waals surface area contributed by atoms with E-state index in [0.717, 1.165) is 34.3 Å². The molecule has 0 aliphatic heterocycles. The molecule has 0 spiro atoms. The molecule has 0 aliphatic carbocycles. The van der Waals surface area contributed by atoms with E-state index in [4.69, 9.17) is 32.7 Å². The van der Waals surface area contributed by atoms with Gasteiger partial charge in [-0.1, -0.05) is 65.3 Å². The number of tetrazole rings is 1. The first-order valence-electron chi connectivity index (χ1n) is 10.5. The van der Waals surface area contributed by atoms with Crippen molar-refractivity contribution in [2.75, 3.05) is 19.4 Å². The number of nitrogens with zero attached hydrogens (tertiary/aromatic N) is 4. The average molecular weight is 516 g/mol. The molecule has 0 saturated heterocycles. The van der Waals surface area contributed by atoms with Crippen molar-refractivity contribution in [3.63, 3.8) is 0 Å². The number of hydrogen-bond acceptors (Lipinski definition) is 7. The monoisotopic (exact) mass is 515 g/mol. The summed E-state index contributed by atoms with van der Waals surface area (Å²) in [7, 11) is 1.60. The van der Waals surface area contributed by atoms with E-state index in [-0.39, 0.29) is 0 Å². The van der Waals surface area contributed by atoms with Gasteiger partial charge < -0.3 is 14.8 Å². The maximum atomic E-state index is 6.51. The molecule has 0 unspecified atom stereocenters. The summed E-state index contributed by atoms with van der Waals surface area (Å²) < 4.78 is 13.2. The zero-order valence-corrected chi connectivity index (χ0v) is 20.8. The van der Waals surface area contributed by atoms with Gasteiger partial charge in [-0.2, -0.15) is 4.68 Å². The normalized spacial score (nSPS) is 10.9. The van der Waals surface area contributed by atoms with Crippen LogP contribution in [-0.4, -0.2) is 39.6 Å². The van der Waals surface area contributed by atoms with Gasteiger partial charge in [0.2, 0.25) is 5.16 Å². The lowest BCUT2D eigenvalue weighted by atomic mass is 10.2. The third kappa shape index (κ3) is 6.42. The molecule has 0 bridgehead atoms. The number of para-hydroxylation sites is 1. The highest BCUT2D eigenvalue weighted by molar-refractivity contribution is 7.99. The Morgan fingerprint density at radius 2 is 1.79 bits per heavy atom. The van der Waals surface area contributed by atoms with Crippen molar-refractivity contribution in [3.8, 4) is 17.2 Å². The first-order chi connectivity index (χ1) is 16.6. The van der Waals surface area contributed by atoms with Gasteiger partial charge in [-0.3, -0.25) is 0 Å². The zero-order valence-electron chi connectivity index (χ0n) is 18.4. The topological polar surface area (TPSA) is 74.1 Å². The Morgan fingerprint density at radius 1 is 1.00 bits per heavy atom. The molecule has 0 atom stereocenters. The maximum Gasteiger partial charge on any atom is 0.214 e. The van der Waals surface area contributed by atoms with Gasteiger partial charge in [0.1, 0.15) is 6.61 Å². The van der Waals surface area contributed by atoms with Crippen LogP contribution in [0.1, 0.15) is 11.1 Å². The predicted molar refractivity (Wildman–Crippen MR) is 135 cm³/mol. The third-order valence-corrected chi connectivity index (χ3v) is 6.32. The number of ether oxygens (including phenoxy) is 2. The molecule has 1 aromatic heterocycles. The standard InChI is InChI=1S/C24H23Cl2N5O2S/c1-32-22-14-18(13-21(26)23(22)33-16-17-7-9-19(25)10-8-17)15-27-11-12-34-24-28-29-30-31(24)20-5-3-2-4-6-20/h2-10,13-14,27H,11-12,15-16H2,1H3. The molecule has 4 aromatic rings. The highest BCUT2D eigenvalue weighted by Crippen LogP contribution is 2.37. The molecule has 3 aromatic carbocycles. The molecule has 7 nitrogen and oxygen atoms in total. The predicted octanol–water partition coefficient (Wildman–Crippen LogP) is 5.44. The van der Waals surface area contributed by atoms with Crippen molar-refractivity contribution in [2.45, 2.75) is 18.3 Å². The first kappa shape index (κ1) is 24.3. The van der Waals surface area contributed by atoms with Crippen LogP contribution < -0.4 is 14.8 Å². The van der Waals surface area contributed by atoms with Gasteiger partial charge in [-0.25, -0.2) is 0 Å². The van der Waals surface area contributed by atoms with E-state index in [2.05, 4.69) is 20.8 Å². The van der Waals surface area contributed by atoms with Gasteiger partial charge in [0, 0.05) is 23.9 Å². The Morgan fingerprint density at radius 3 is 2.56 bits per heavy atom. The average Bonchev–Trinajstić information content (AvgIpc) is 3.33. The van der Waals surface area contributed by atoms with E-state index in [1.54, 1.807) is 23.6 Å². The SMILES string of the molecule is COc1cc(CNCCSc2nnnn2-c2ccccc2)cc(Cl)c1OCc1ccc(Cl)cc1. The number of methoxy groups -OCH3 is 1. The summed E-state index contributed by atoms with van der Waals surface area (Å²) in [5, 5.41) is 17.3. The molecule has 4 rings (SSSR count). The lowest BCUT2D eigenvalue weighted by Crippen LogP contribution is -2.17. The molecule has 1 N–H and O–H groups in total. The summed E-state index contributed by atoms with van der Waals surface area (Å²) in [6, 6.07) is 21.1. The summed E-state index contributed by atoms with van der Waals surface area (Å²) in [5.41, 5.74) is 2.92. The Kier molecular flexibility index (Phi) is 8.65. The van der Waals surface area contributed by atoms with Crippen LogP contribution in [0.5, 0.6) is 11.5 Å². The number of aromatic nitrogens is 4. The van der Waals surface area contributed by atoms with E-state index in [9.17, 15) is 0 Å². The van der Waals surface area contributed by atoms with Crippen LogP contribution in [0.2, 0.25) is 10.0 Å². The number of rotatable bonds is 11. The number of thioether (sulfide) groups is 1. The lowest BCUT2D eigenvalue weighted by Gasteiger charge is -2.15. The summed E-state index contributed by atoms with van der Waals surface area (Å²) in [5.74, 6) is 1.92. The lowest BCUT2D eigenvalue weighted by molar-refractivity contribution is 0.284. The van der Waals surface area contributed by atoms with Gasteiger partial charge in [0.05, 0.1) is 17.8 Å². The van der Waals surface area contributed by atoms with Crippen molar-refractivity contribution in [3.05, 3.63) is 87.9 Å². The van der Waals surface area contributed by atoms with Gasteiger partial charge in [0.15, 0.2) is 11.5 Å². The fourth-order valence-electron chi connectivity index (χ4n) is 3.20. The van der Waals surface area contributed by atoms with E-state index in [0.29, 0.717) is 34.7 Å². The summed E-state index contributed by atoms with van der Waals surface area (Å²) in [4.78, 5) is 0. The molecule has 0 radical (unpaired) electrons. The highest BCUT2D eigenvalue weighted by atomic mass is 35.5.